The highest BCUT2D eigenvalue weighted by atomic mass is 16.3. The molecule has 3 rings (SSSR count). The van der Waals surface area contributed by atoms with Crippen molar-refractivity contribution in [3.8, 4) is 0 Å². The highest BCUT2D eigenvalue weighted by molar-refractivity contribution is 6.00. The van der Waals surface area contributed by atoms with Crippen LogP contribution in [0.15, 0.2) is 28.7 Å². The third kappa shape index (κ3) is 2.27. The lowest BCUT2D eigenvalue weighted by atomic mass is 10.1. The van der Waals surface area contributed by atoms with E-state index in [1.165, 1.54) is 0 Å². The maximum atomic E-state index is 11.3. The van der Waals surface area contributed by atoms with Crippen LogP contribution in [0.4, 0.5) is 17.1 Å². The van der Waals surface area contributed by atoms with E-state index in [0.717, 1.165) is 28.5 Å². The van der Waals surface area contributed by atoms with Gasteiger partial charge >= 0.3 is 0 Å². The second-order valence-corrected chi connectivity index (χ2v) is 4.69. The molecule has 19 heavy (non-hydrogen) atoms. The lowest BCUT2D eigenvalue weighted by Gasteiger charge is -2.10. The van der Waals surface area contributed by atoms with Crippen molar-refractivity contribution in [1.29, 1.82) is 0 Å². The molecule has 2 heterocycles. The van der Waals surface area contributed by atoms with Gasteiger partial charge < -0.3 is 20.8 Å². The predicted molar refractivity (Wildman–Crippen MR) is 74.0 cm³/mol. The van der Waals surface area contributed by atoms with Gasteiger partial charge in [-0.15, -0.1) is 0 Å². The monoisotopic (exact) mass is 257 g/mol. The number of nitrogens with one attached hydrogen (secondary N) is 2. The molecule has 1 aliphatic heterocycles. The smallest absolute Gasteiger partial charge is 0.228 e. The van der Waals surface area contributed by atoms with E-state index in [1.54, 1.807) is 0 Å². The van der Waals surface area contributed by atoms with Gasteiger partial charge in [-0.05, 0) is 36.8 Å². The Bertz CT molecular complexity index is 646. The summed E-state index contributed by atoms with van der Waals surface area (Å²) in [5.74, 6) is 1.74. The van der Waals surface area contributed by atoms with Crippen molar-refractivity contribution in [2.24, 2.45) is 0 Å². The Kier molecular flexibility index (Phi) is 2.67. The fourth-order valence-electron chi connectivity index (χ4n) is 2.21. The highest BCUT2D eigenvalue weighted by Crippen LogP contribution is 2.31. The summed E-state index contributed by atoms with van der Waals surface area (Å²) in [6.07, 6.45) is 0.400. The lowest BCUT2D eigenvalue weighted by molar-refractivity contribution is -0.115. The molecule has 1 aliphatic rings. The molecule has 2 aromatic rings. The van der Waals surface area contributed by atoms with Gasteiger partial charge in [0.05, 0.1) is 24.3 Å². The Morgan fingerprint density at radius 1 is 1.42 bits per heavy atom. The van der Waals surface area contributed by atoms with Crippen LogP contribution in [-0.4, -0.2) is 5.91 Å². The molecule has 1 aromatic carbocycles. The standard InChI is InChI=1S/C14H15N3O2/c1-8-2-3-10(19-8)7-16-13-6-12-9(4-11(13)15)5-14(18)17-12/h2-4,6,16H,5,7,15H2,1H3,(H,17,18). The summed E-state index contributed by atoms with van der Waals surface area (Å²) >= 11 is 0. The van der Waals surface area contributed by atoms with E-state index in [9.17, 15) is 4.79 Å². The lowest BCUT2D eigenvalue weighted by Crippen LogP contribution is -2.04. The van der Waals surface area contributed by atoms with E-state index in [1.807, 2.05) is 31.2 Å². The van der Waals surface area contributed by atoms with Crippen LogP contribution in [0.3, 0.4) is 0 Å². The van der Waals surface area contributed by atoms with Crippen molar-refractivity contribution in [3.63, 3.8) is 0 Å². The molecule has 0 saturated heterocycles. The molecule has 4 N–H and O–H groups in total. The first-order valence-corrected chi connectivity index (χ1v) is 6.13. The van der Waals surface area contributed by atoms with Gasteiger partial charge in [0.1, 0.15) is 11.5 Å². The molecule has 0 spiro atoms. The van der Waals surface area contributed by atoms with Crippen molar-refractivity contribution in [2.75, 3.05) is 16.4 Å². The first-order valence-electron chi connectivity index (χ1n) is 6.13. The van der Waals surface area contributed by atoms with Gasteiger partial charge in [-0.1, -0.05) is 0 Å². The zero-order chi connectivity index (χ0) is 13.4. The molecule has 1 aromatic heterocycles. The average Bonchev–Trinajstić information content (AvgIpc) is 2.91. The fourth-order valence-corrected chi connectivity index (χ4v) is 2.21. The van der Waals surface area contributed by atoms with Gasteiger partial charge in [-0.2, -0.15) is 0 Å². The summed E-state index contributed by atoms with van der Waals surface area (Å²) in [6, 6.07) is 7.55. The van der Waals surface area contributed by atoms with Crippen LogP contribution in [0, 0.1) is 6.92 Å². The first-order chi connectivity index (χ1) is 9.11. The van der Waals surface area contributed by atoms with Gasteiger partial charge in [0.15, 0.2) is 0 Å². The largest absolute Gasteiger partial charge is 0.465 e. The molecular weight excluding hydrogens is 242 g/mol. The first kappa shape index (κ1) is 11.6. The number of hydrogen-bond acceptors (Lipinski definition) is 4. The minimum atomic E-state index is 0.00760. The topological polar surface area (TPSA) is 80.3 Å². The van der Waals surface area contributed by atoms with E-state index < -0.39 is 0 Å². The molecule has 5 heteroatoms. The zero-order valence-corrected chi connectivity index (χ0v) is 10.6. The fraction of sp³-hybridized carbons (Fsp3) is 0.214. The van der Waals surface area contributed by atoms with Crippen molar-refractivity contribution in [3.05, 3.63) is 41.3 Å². The van der Waals surface area contributed by atoms with Crippen LogP contribution in [0.25, 0.3) is 0 Å². The molecule has 0 unspecified atom stereocenters. The summed E-state index contributed by atoms with van der Waals surface area (Å²) in [7, 11) is 0. The molecular formula is C14H15N3O2. The number of amides is 1. The van der Waals surface area contributed by atoms with Crippen molar-refractivity contribution >= 4 is 23.0 Å². The third-order valence-electron chi connectivity index (χ3n) is 3.15. The summed E-state index contributed by atoms with van der Waals surface area (Å²) in [5.41, 5.74) is 9.19. The number of aryl methyl sites for hydroxylation is 1. The minimum Gasteiger partial charge on any atom is -0.465 e. The zero-order valence-electron chi connectivity index (χ0n) is 10.6. The molecule has 0 bridgehead atoms. The molecule has 1 amide bonds. The van der Waals surface area contributed by atoms with Crippen LogP contribution < -0.4 is 16.4 Å². The van der Waals surface area contributed by atoms with E-state index >= 15 is 0 Å². The molecule has 0 atom stereocenters. The Balaban J connectivity index is 1.78. The summed E-state index contributed by atoms with van der Waals surface area (Å²) in [4.78, 5) is 11.3. The highest BCUT2D eigenvalue weighted by Gasteiger charge is 2.19. The van der Waals surface area contributed by atoms with E-state index in [2.05, 4.69) is 10.6 Å². The van der Waals surface area contributed by atoms with Crippen LogP contribution in [0.2, 0.25) is 0 Å². The number of carbonyl (C=O) groups is 1. The SMILES string of the molecule is Cc1ccc(CNc2cc3c(cc2N)CC(=O)N3)o1. The maximum Gasteiger partial charge on any atom is 0.228 e. The van der Waals surface area contributed by atoms with Gasteiger partial charge in [0.25, 0.3) is 0 Å². The maximum absolute atomic E-state index is 11.3. The van der Waals surface area contributed by atoms with Gasteiger partial charge in [-0.3, -0.25) is 4.79 Å². The van der Waals surface area contributed by atoms with Gasteiger partial charge in [-0.25, -0.2) is 0 Å². The molecule has 0 saturated carbocycles. The summed E-state index contributed by atoms with van der Waals surface area (Å²) in [6.45, 7) is 2.47. The van der Waals surface area contributed by atoms with Gasteiger partial charge in [0.2, 0.25) is 5.91 Å². The number of nitrogens with two attached hydrogens (primary N) is 1. The van der Waals surface area contributed by atoms with E-state index in [-0.39, 0.29) is 5.91 Å². The number of hydrogen-bond donors (Lipinski definition) is 3. The average molecular weight is 257 g/mol. The summed E-state index contributed by atoms with van der Waals surface area (Å²) in [5, 5.41) is 6.03. The summed E-state index contributed by atoms with van der Waals surface area (Å²) < 4.78 is 5.48. The van der Waals surface area contributed by atoms with E-state index in [0.29, 0.717) is 18.7 Å². The van der Waals surface area contributed by atoms with Crippen LogP contribution in [0.1, 0.15) is 17.1 Å². The Hall–Kier alpha value is -2.43. The number of fused-ring (bicyclic) bond motifs is 1. The number of benzene rings is 1. The van der Waals surface area contributed by atoms with Crippen molar-refractivity contribution in [2.45, 2.75) is 19.9 Å². The Morgan fingerprint density at radius 2 is 2.26 bits per heavy atom. The number of carbonyl (C=O) groups excluding carboxylic acids is 1. The Morgan fingerprint density at radius 3 is 3.00 bits per heavy atom. The molecule has 0 aliphatic carbocycles. The van der Waals surface area contributed by atoms with Crippen LogP contribution >= 0.6 is 0 Å². The van der Waals surface area contributed by atoms with Crippen LogP contribution in [0.5, 0.6) is 0 Å². The molecule has 5 nitrogen and oxygen atoms in total. The number of furan rings is 1. The third-order valence-corrected chi connectivity index (χ3v) is 3.15. The second kappa shape index (κ2) is 4.35. The molecule has 0 fully saturated rings. The quantitative estimate of drug-likeness (QED) is 0.737. The number of rotatable bonds is 3. The molecule has 98 valence electrons. The van der Waals surface area contributed by atoms with Crippen molar-refractivity contribution < 1.29 is 9.21 Å². The number of nitrogen functional groups attached to an aromatic ring is 1. The molecule has 0 radical (unpaired) electrons. The van der Waals surface area contributed by atoms with Gasteiger partial charge in [0, 0.05) is 5.69 Å². The normalized spacial score (nSPS) is 13.2. The Labute approximate surface area is 110 Å². The predicted octanol–water partition coefficient (Wildman–Crippen LogP) is 2.28. The van der Waals surface area contributed by atoms with Crippen molar-refractivity contribution in [1.82, 2.24) is 0 Å². The number of anilines is 3. The van der Waals surface area contributed by atoms with Crippen LogP contribution in [-0.2, 0) is 17.8 Å². The minimum absolute atomic E-state index is 0.00760. The van der Waals surface area contributed by atoms with E-state index in [4.69, 9.17) is 10.2 Å². The second-order valence-electron chi connectivity index (χ2n) is 4.69.